The van der Waals surface area contributed by atoms with Crippen molar-refractivity contribution in [2.45, 2.75) is 19.8 Å². The molecule has 1 heterocycles. The predicted molar refractivity (Wildman–Crippen MR) is 78.0 cm³/mol. The van der Waals surface area contributed by atoms with Crippen LogP contribution >= 0.6 is 11.6 Å². The Kier molecular flexibility index (Phi) is 4.38. The van der Waals surface area contributed by atoms with Gasteiger partial charge in [-0.2, -0.15) is 10.4 Å². The highest BCUT2D eigenvalue weighted by molar-refractivity contribution is 6.30. The smallest absolute Gasteiger partial charge is 0.252 e. The number of nitriles is 1. The number of aromatic nitrogens is 1. The van der Waals surface area contributed by atoms with E-state index in [1.807, 2.05) is 32.0 Å². The second-order valence-corrected chi connectivity index (χ2v) is 4.85. The lowest BCUT2D eigenvalue weighted by atomic mass is 10.2. The zero-order valence-corrected chi connectivity index (χ0v) is 11.8. The van der Waals surface area contributed by atoms with Crippen LogP contribution in [-0.2, 0) is 0 Å². The first kappa shape index (κ1) is 14.1. The maximum Gasteiger partial charge on any atom is 0.252 e. The molecule has 1 aromatic heterocycles. The summed E-state index contributed by atoms with van der Waals surface area (Å²) >= 11 is 5.79. The number of hydrazone groups is 1. The van der Waals surface area contributed by atoms with Gasteiger partial charge in [0.15, 0.2) is 0 Å². The van der Waals surface area contributed by atoms with Crippen LogP contribution in [0, 0.1) is 11.3 Å². The van der Waals surface area contributed by atoms with E-state index >= 15 is 0 Å². The Hall–Kier alpha value is -2.32. The average Bonchev–Trinajstić information content (AvgIpc) is 2.84. The number of hydrogen-bond donors (Lipinski definition) is 1. The second kappa shape index (κ2) is 6.22. The van der Waals surface area contributed by atoms with Gasteiger partial charge in [-0.25, -0.2) is 10.4 Å². The lowest BCUT2D eigenvalue weighted by Crippen LogP contribution is -1.91. The molecule has 0 unspecified atom stereocenters. The normalized spacial score (nSPS) is 10.9. The minimum absolute atomic E-state index is 0.109. The molecule has 5 nitrogen and oxygen atoms in total. The molecular formula is C14H13ClN4O. The van der Waals surface area contributed by atoms with Gasteiger partial charge in [-0.15, -0.1) is 0 Å². The molecule has 2 rings (SSSR count). The number of oxazole rings is 1. The Morgan fingerprint density at radius 1 is 1.40 bits per heavy atom. The zero-order chi connectivity index (χ0) is 14.5. The van der Waals surface area contributed by atoms with Crippen molar-refractivity contribution in [3.63, 3.8) is 0 Å². The highest BCUT2D eigenvalue weighted by Gasteiger charge is 2.14. The molecule has 2 aromatic rings. The van der Waals surface area contributed by atoms with Gasteiger partial charge < -0.3 is 4.42 Å². The molecular weight excluding hydrogens is 276 g/mol. The highest BCUT2D eigenvalue weighted by atomic mass is 35.5. The summed E-state index contributed by atoms with van der Waals surface area (Å²) in [5, 5.41) is 13.7. The lowest BCUT2D eigenvalue weighted by molar-refractivity contribution is 0.481. The van der Waals surface area contributed by atoms with Gasteiger partial charge in [0.2, 0.25) is 11.6 Å². The van der Waals surface area contributed by atoms with Gasteiger partial charge in [-0.3, -0.25) is 0 Å². The molecule has 1 aromatic carbocycles. The first-order valence-corrected chi connectivity index (χ1v) is 6.43. The van der Waals surface area contributed by atoms with Crippen LogP contribution in [0.3, 0.4) is 0 Å². The first-order valence-electron chi connectivity index (χ1n) is 6.05. The maximum atomic E-state index is 8.98. The highest BCUT2D eigenvalue weighted by Crippen LogP contribution is 2.21. The second-order valence-electron chi connectivity index (χ2n) is 4.42. The summed E-state index contributed by atoms with van der Waals surface area (Å²) in [6.45, 7) is 3.88. The SMILES string of the molecule is CC(C)c1nc(C#N)c(N/N=C/c2ccc(Cl)cc2)o1. The number of hydrogen-bond acceptors (Lipinski definition) is 5. The summed E-state index contributed by atoms with van der Waals surface area (Å²) in [6, 6.07) is 9.18. The van der Waals surface area contributed by atoms with Gasteiger partial charge >= 0.3 is 0 Å². The molecule has 0 saturated heterocycles. The largest absolute Gasteiger partial charge is 0.422 e. The number of nitrogens with zero attached hydrogens (tertiary/aromatic N) is 3. The van der Waals surface area contributed by atoms with E-state index in [1.165, 1.54) is 0 Å². The van der Waals surface area contributed by atoms with Crippen molar-refractivity contribution < 1.29 is 4.42 Å². The fourth-order valence-electron chi connectivity index (χ4n) is 1.45. The van der Waals surface area contributed by atoms with Crippen molar-refractivity contribution in [3.8, 4) is 6.07 Å². The third-order valence-corrected chi connectivity index (χ3v) is 2.75. The van der Waals surface area contributed by atoms with Crippen LogP contribution in [0.15, 0.2) is 33.8 Å². The Bertz CT molecular complexity index is 653. The quantitative estimate of drug-likeness (QED) is 0.686. The van der Waals surface area contributed by atoms with Crippen molar-refractivity contribution in [1.82, 2.24) is 4.98 Å². The molecule has 0 spiro atoms. The average molecular weight is 289 g/mol. The molecule has 0 saturated carbocycles. The molecule has 0 aliphatic carbocycles. The summed E-state index contributed by atoms with van der Waals surface area (Å²) < 4.78 is 5.44. The Labute approximate surface area is 121 Å². The molecule has 0 atom stereocenters. The summed E-state index contributed by atoms with van der Waals surface area (Å²) in [5.41, 5.74) is 3.76. The van der Waals surface area contributed by atoms with Crippen molar-refractivity contribution in [3.05, 3.63) is 46.4 Å². The fourth-order valence-corrected chi connectivity index (χ4v) is 1.58. The van der Waals surface area contributed by atoms with Crippen LogP contribution in [0.5, 0.6) is 0 Å². The van der Waals surface area contributed by atoms with Crippen molar-refractivity contribution >= 4 is 23.7 Å². The maximum absolute atomic E-state index is 8.98. The molecule has 0 radical (unpaired) electrons. The van der Waals surface area contributed by atoms with Gasteiger partial charge in [0, 0.05) is 10.9 Å². The fraction of sp³-hybridized carbons (Fsp3) is 0.214. The third kappa shape index (κ3) is 3.37. The van der Waals surface area contributed by atoms with Gasteiger partial charge in [0.25, 0.3) is 5.88 Å². The van der Waals surface area contributed by atoms with E-state index in [9.17, 15) is 0 Å². The van der Waals surface area contributed by atoms with Crippen LogP contribution in [-0.4, -0.2) is 11.2 Å². The van der Waals surface area contributed by atoms with E-state index in [2.05, 4.69) is 15.5 Å². The van der Waals surface area contributed by atoms with E-state index in [1.54, 1.807) is 18.3 Å². The van der Waals surface area contributed by atoms with Crippen molar-refractivity contribution in [2.24, 2.45) is 5.10 Å². The van der Waals surface area contributed by atoms with E-state index in [0.717, 1.165) is 5.56 Å². The molecule has 20 heavy (non-hydrogen) atoms. The number of anilines is 1. The summed E-state index contributed by atoms with van der Waals surface area (Å²) in [6.07, 6.45) is 1.61. The van der Waals surface area contributed by atoms with Crippen LogP contribution in [0.1, 0.15) is 36.9 Å². The van der Waals surface area contributed by atoms with Crippen LogP contribution in [0.25, 0.3) is 0 Å². The van der Waals surface area contributed by atoms with E-state index in [4.69, 9.17) is 21.3 Å². The van der Waals surface area contributed by atoms with Crippen LogP contribution in [0.2, 0.25) is 5.02 Å². The minimum atomic E-state index is 0.109. The summed E-state index contributed by atoms with van der Waals surface area (Å²) in [4.78, 5) is 4.08. The van der Waals surface area contributed by atoms with Crippen molar-refractivity contribution in [2.75, 3.05) is 5.43 Å². The zero-order valence-electron chi connectivity index (χ0n) is 11.1. The monoisotopic (exact) mass is 288 g/mol. The molecule has 102 valence electrons. The topological polar surface area (TPSA) is 74.2 Å². The number of halogens is 1. The van der Waals surface area contributed by atoms with Crippen LogP contribution in [0.4, 0.5) is 5.88 Å². The molecule has 0 bridgehead atoms. The third-order valence-electron chi connectivity index (χ3n) is 2.49. The van der Waals surface area contributed by atoms with Gasteiger partial charge in [-0.1, -0.05) is 37.6 Å². The van der Waals surface area contributed by atoms with Gasteiger partial charge in [-0.05, 0) is 17.7 Å². The number of rotatable bonds is 4. The first-order chi connectivity index (χ1) is 9.60. The number of benzene rings is 1. The minimum Gasteiger partial charge on any atom is -0.422 e. The van der Waals surface area contributed by atoms with E-state index in [-0.39, 0.29) is 17.5 Å². The van der Waals surface area contributed by atoms with E-state index < -0.39 is 0 Å². The van der Waals surface area contributed by atoms with Gasteiger partial charge in [0.1, 0.15) is 6.07 Å². The molecule has 0 amide bonds. The van der Waals surface area contributed by atoms with Gasteiger partial charge in [0.05, 0.1) is 6.21 Å². The predicted octanol–water partition coefficient (Wildman–Crippen LogP) is 3.77. The standard InChI is InChI=1S/C14H13ClN4O/c1-9(2)13-18-12(7-16)14(20-13)19-17-8-10-3-5-11(15)6-4-10/h3-6,8-9,19H,1-2H3/b17-8+. The molecule has 6 heteroatoms. The Balaban J connectivity index is 2.10. The summed E-state index contributed by atoms with van der Waals surface area (Å²) in [5.74, 6) is 0.866. The molecule has 0 aliphatic rings. The Morgan fingerprint density at radius 3 is 2.70 bits per heavy atom. The molecule has 1 N–H and O–H groups in total. The molecule has 0 aliphatic heterocycles. The van der Waals surface area contributed by atoms with Crippen LogP contribution < -0.4 is 5.43 Å². The number of nitrogens with one attached hydrogen (secondary N) is 1. The summed E-state index contributed by atoms with van der Waals surface area (Å²) in [7, 11) is 0. The van der Waals surface area contributed by atoms with Crippen molar-refractivity contribution in [1.29, 1.82) is 5.26 Å². The molecule has 0 fully saturated rings. The Morgan fingerprint density at radius 2 is 2.10 bits per heavy atom. The lowest BCUT2D eigenvalue weighted by Gasteiger charge is -1.97. The van der Waals surface area contributed by atoms with E-state index in [0.29, 0.717) is 10.9 Å².